The predicted molar refractivity (Wildman–Crippen MR) is 77.3 cm³/mol. The summed E-state index contributed by atoms with van der Waals surface area (Å²) in [5.41, 5.74) is 2.35. The van der Waals surface area contributed by atoms with Gasteiger partial charge in [-0.3, -0.25) is 4.79 Å². The van der Waals surface area contributed by atoms with E-state index in [1.165, 1.54) is 5.56 Å². The van der Waals surface area contributed by atoms with Crippen LogP contribution < -0.4 is 4.74 Å². The van der Waals surface area contributed by atoms with Gasteiger partial charge in [0.1, 0.15) is 17.6 Å². The lowest BCUT2D eigenvalue weighted by Gasteiger charge is -2.13. The molecule has 0 radical (unpaired) electrons. The van der Waals surface area contributed by atoms with E-state index in [0.29, 0.717) is 6.42 Å². The third-order valence-electron chi connectivity index (χ3n) is 2.87. The van der Waals surface area contributed by atoms with Crippen molar-refractivity contribution in [2.24, 2.45) is 0 Å². The minimum absolute atomic E-state index is 0.0833. The standard InChI is InChI=1S/C17H18O2/c1-13(18)12-14(2)19-17-10-8-16(9-11-17)15-6-4-3-5-7-15/h3-11,14H,12H2,1-2H3. The van der Waals surface area contributed by atoms with Crippen LogP contribution in [-0.4, -0.2) is 11.9 Å². The maximum absolute atomic E-state index is 11.0. The third-order valence-corrected chi connectivity index (χ3v) is 2.87. The summed E-state index contributed by atoms with van der Waals surface area (Å²) in [6.45, 7) is 3.49. The largest absolute Gasteiger partial charge is 0.490 e. The highest BCUT2D eigenvalue weighted by molar-refractivity contribution is 5.76. The first-order valence-electron chi connectivity index (χ1n) is 6.47. The second-order valence-electron chi connectivity index (χ2n) is 4.73. The first-order chi connectivity index (χ1) is 9.15. The maximum atomic E-state index is 11.0. The highest BCUT2D eigenvalue weighted by Crippen LogP contribution is 2.22. The van der Waals surface area contributed by atoms with Crippen molar-refractivity contribution in [3.63, 3.8) is 0 Å². The van der Waals surface area contributed by atoms with Gasteiger partial charge in [-0.15, -0.1) is 0 Å². The number of carbonyl (C=O) groups is 1. The molecule has 0 N–H and O–H groups in total. The van der Waals surface area contributed by atoms with Gasteiger partial charge >= 0.3 is 0 Å². The summed E-state index contributed by atoms with van der Waals surface area (Å²) < 4.78 is 5.70. The van der Waals surface area contributed by atoms with Gasteiger partial charge in [0.25, 0.3) is 0 Å². The fraction of sp³-hybridized carbons (Fsp3) is 0.235. The van der Waals surface area contributed by atoms with E-state index in [4.69, 9.17) is 4.74 Å². The van der Waals surface area contributed by atoms with E-state index in [1.54, 1.807) is 6.92 Å². The van der Waals surface area contributed by atoms with Crippen LogP contribution in [0.1, 0.15) is 20.3 Å². The molecule has 0 saturated carbocycles. The number of rotatable bonds is 5. The quantitative estimate of drug-likeness (QED) is 0.803. The first-order valence-corrected chi connectivity index (χ1v) is 6.47. The summed E-state index contributed by atoms with van der Waals surface area (Å²) in [5.74, 6) is 0.946. The molecule has 2 aromatic rings. The van der Waals surface area contributed by atoms with E-state index < -0.39 is 0 Å². The van der Waals surface area contributed by atoms with Gasteiger partial charge in [-0.2, -0.15) is 0 Å². The van der Waals surface area contributed by atoms with E-state index in [0.717, 1.165) is 11.3 Å². The third kappa shape index (κ3) is 3.95. The SMILES string of the molecule is CC(=O)CC(C)Oc1ccc(-c2ccccc2)cc1. The van der Waals surface area contributed by atoms with Crippen molar-refractivity contribution in [3.8, 4) is 16.9 Å². The Morgan fingerprint density at radius 2 is 1.58 bits per heavy atom. The smallest absolute Gasteiger partial charge is 0.133 e. The number of hydrogen-bond donors (Lipinski definition) is 0. The summed E-state index contributed by atoms with van der Waals surface area (Å²) in [6.07, 6.45) is 0.362. The maximum Gasteiger partial charge on any atom is 0.133 e. The average Bonchev–Trinajstić information content (AvgIpc) is 2.39. The molecule has 0 bridgehead atoms. The molecular weight excluding hydrogens is 236 g/mol. The van der Waals surface area contributed by atoms with Crippen LogP contribution in [0.4, 0.5) is 0 Å². The monoisotopic (exact) mass is 254 g/mol. The zero-order chi connectivity index (χ0) is 13.7. The molecule has 2 aromatic carbocycles. The van der Waals surface area contributed by atoms with Crippen LogP contribution in [0, 0.1) is 0 Å². The van der Waals surface area contributed by atoms with Crippen molar-refractivity contribution in [2.75, 3.05) is 0 Å². The molecule has 0 aliphatic carbocycles. The van der Waals surface area contributed by atoms with Crippen LogP contribution in [0.5, 0.6) is 5.75 Å². The summed E-state index contributed by atoms with van der Waals surface area (Å²) in [4.78, 5) is 11.0. The Bertz CT molecular complexity index is 529. The second-order valence-corrected chi connectivity index (χ2v) is 4.73. The van der Waals surface area contributed by atoms with Crippen LogP contribution >= 0.6 is 0 Å². The molecule has 0 aliphatic rings. The molecule has 2 nitrogen and oxygen atoms in total. The Kier molecular flexibility index (Phi) is 4.35. The van der Waals surface area contributed by atoms with E-state index in [2.05, 4.69) is 12.1 Å². The molecule has 2 rings (SSSR count). The lowest BCUT2D eigenvalue weighted by molar-refractivity contribution is -0.118. The van der Waals surface area contributed by atoms with Gasteiger partial charge in [0, 0.05) is 6.42 Å². The molecule has 98 valence electrons. The summed E-state index contributed by atoms with van der Waals surface area (Å²) >= 11 is 0. The molecule has 1 atom stereocenters. The Morgan fingerprint density at radius 3 is 2.16 bits per heavy atom. The van der Waals surface area contributed by atoms with Crippen LogP contribution in [0.25, 0.3) is 11.1 Å². The fourth-order valence-electron chi connectivity index (χ4n) is 2.04. The topological polar surface area (TPSA) is 26.3 Å². The number of hydrogen-bond acceptors (Lipinski definition) is 2. The van der Waals surface area contributed by atoms with Crippen molar-refractivity contribution in [1.82, 2.24) is 0 Å². The zero-order valence-electron chi connectivity index (χ0n) is 11.3. The molecule has 19 heavy (non-hydrogen) atoms. The number of benzene rings is 2. The van der Waals surface area contributed by atoms with Gasteiger partial charge in [-0.1, -0.05) is 42.5 Å². The van der Waals surface area contributed by atoms with Crippen LogP contribution in [0.3, 0.4) is 0 Å². The van der Waals surface area contributed by atoms with Gasteiger partial charge in [-0.25, -0.2) is 0 Å². The van der Waals surface area contributed by atoms with Crippen molar-refractivity contribution in [3.05, 3.63) is 54.6 Å². The summed E-state index contributed by atoms with van der Waals surface area (Å²) in [6, 6.07) is 18.2. The Balaban J connectivity index is 2.05. The van der Waals surface area contributed by atoms with E-state index >= 15 is 0 Å². The van der Waals surface area contributed by atoms with Crippen LogP contribution in [0.2, 0.25) is 0 Å². The number of Topliss-reactive ketones (excluding diaryl/α,β-unsaturated/α-hetero) is 1. The van der Waals surface area contributed by atoms with Crippen LogP contribution in [-0.2, 0) is 4.79 Å². The van der Waals surface area contributed by atoms with Gasteiger partial charge in [0.05, 0.1) is 0 Å². The Hall–Kier alpha value is -2.09. The van der Waals surface area contributed by atoms with Crippen molar-refractivity contribution in [1.29, 1.82) is 0 Å². The average molecular weight is 254 g/mol. The Morgan fingerprint density at radius 1 is 1.00 bits per heavy atom. The van der Waals surface area contributed by atoms with Crippen molar-refractivity contribution < 1.29 is 9.53 Å². The molecule has 2 heteroatoms. The zero-order valence-corrected chi connectivity index (χ0v) is 11.3. The molecule has 0 amide bonds. The molecule has 0 fully saturated rings. The molecule has 1 unspecified atom stereocenters. The van der Waals surface area contributed by atoms with E-state index in [-0.39, 0.29) is 11.9 Å². The normalized spacial score (nSPS) is 11.9. The first kappa shape index (κ1) is 13.3. The molecule has 0 saturated heterocycles. The summed E-state index contributed by atoms with van der Waals surface area (Å²) in [7, 11) is 0. The number of carbonyl (C=O) groups excluding carboxylic acids is 1. The van der Waals surface area contributed by atoms with Gasteiger partial charge in [-0.05, 0) is 37.1 Å². The molecular formula is C17H18O2. The van der Waals surface area contributed by atoms with Gasteiger partial charge in [0.2, 0.25) is 0 Å². The van der Waals surface area contributed by atoms with Crippen molar-refractivity contribution in [2.45, 2.75) is 26.4 Å². The number of ketones is 1. The second kappa shape index (κ2) is 6.19. The molecule has 0 spiro atoms. The Labute approximate surface area is 114 Å². The lowest BCUT2D eigenvalue weighted by Crippen LogP contribution is -2.15. The number of ether oxygens (including phenoxy) is 1. The molecule has 0 heterocycles. The predicted octanol–water partition coefficient (Wildman–Crippen LogP) is 4.10. The molecule has 0 aliphatic heterocycles. The van der Waals surface area contributed by atoms with Crippen LogP contribution in [0.15, 0.2) is 54.6 Å². The lowest BCUT2D eigenvalue weighted by atomic mass is 10.1. The fourth-order valence-corrected chi connectivity index (χ4v) is 2.04. The van der Waals surface area contributed by atoms with Gasteiger partial charge < -0.3 is 4.74 Å². The highest BCUT2D eigenvalue weighted by atomic mass is 16.5. The minimum atomic E-state index is -0.0833. The molecule has 0 aromatic heterocycles. The van der Waals surface area contributed by atoms with Gasteiger partial charge in [0.15, 0.2) is 0 Å². The summed E-state index contributed by atoms with van der Waals surface area (Å²) in [5, 5.41) is 0. The minimum Gasteiger partial charge on any atom is -0.490 e. The van der Waals surface area contributed by atoms with Crippen molar-refractivity contribution >= 4 is 5.78 Å². The highest BCUT2D eigenvalue weighted by Gasteiger charge is 2.07. The van der Waals surface area contributed by atoms with E-state index in [9.17, 15) is 4.79 Å². The van der Waals surface area contributed by atoms with E-state index in [1.807, 2.05) is 49.4 Å².